The van der Waals surface area contributed by atoms with Crippen LogP contribution in [0, 0.1) is 11.6 Å². The van der Waals surface area contributed by atoms with Gasteiger partial charge in [-0.3, -0.25) is 14.5 Å². The molecule has 4 rings (SSSR count). The van der Waals surface area contributed by atoms with Crippen molar-refractivity contribution in [3.63, 3.8) is 0 Å². The maximum absolute atomic E-state index is 13.9. The summed E-state index contributed by atoms with van der Waals surface area (Å²) < 4.78 is 29.1. The number of carbonyl (C=O) groups excluding carboxylic acids is 1. The number of carbonyl (C=O) groups is 1. The van der Waals surface area contributed by atoms with Gasteiger partial charge in [-0.1, -0.05) is 12.1 Å². The van der Waals surface area contributed by atoms with Crippen molar-refractivity contribution in [3.05, 3.63) is 82.4 Å². The van der Waals surface area contributed by atoms with Crippen molar-refractivity contribution >= 4 is 5.91 Å². The maximum Gasteiger partial charge on any atom is 0.272 e. The van der Waals surface area contributed by atoms with Gasteiger partial charge in [-0.2, -0.15) is 5.10 Å². The van der Waals surface area contributed by atoms with Crippen LogP contribution in [0.3, 0.4) is 0 Å². The van der Waals surface area contributed by atoms with Crippen molar-refractivity contribution in [1.82, 2.24) is 25.4 Å². The van der Waals surface area contributed by atoms with E-state index in [0.29, 0.717) is 24.2 Å². The molecule has 1 aliphatic rings. The van der Waals surface area contributed by atoms with E-state index in [1.54, 1.807) is 23.1 Å². The SMILES string of the molecule is Cn1nc(C(=O)NCc2ccncc2)c2c1CCC(NCc1cccc(F)c1F)C2. The lowest BCUT2D eigenvalue weighted by molar-refractivity contribution is 0.0944. The summed E-state index contributed by atoms with van der Waals surface area (Å²) in [6.45, 7) is 0.626. The summed E-state index contributed by atoms with van der Waals surface area (Å²) in [5.74, 6) is -1.89. The summed E-state index contributed by atoms with van der Waals surface area (Å²) in [7, 11) is 1.84. The van der Waals surface area contributed by atoms with Gasteiger partial charge in [-0.05, 0) is 43.0 Å². The van der Waals surface area contributed by atoms with E-state index in [-0.39, 0.29) is 18.5 Å². The highest BCUT2D eigenvalue weighted by atomic mass is 19.2. The molecule has 156 valence electrons. The van der Waals surface area contributed by atoms with E-state index in [0.717, 1.165) is 35.7 Å². The second kappa shape index (κ2) is 8.71. The number of nitrogens with zero attached hydrogens (tertiary/aromatic N) is 3. The van der Waals surface area contributed by atoms with Gasteiger partial charge in [0, 0.05) is 55.4 Å². The van der Waals surface area contributed by atoms with Gasteiger partial charge in [0.1, 0.15) is 0 Å². The number of pyridine rings is 1. The van der Waals surface area contributed by atoms with E-state index in [1.807, 2.05) is 19.2 Å². The van der Waals surface area contributed by atoms with E-state index in [4.69, 9.17) is 0 Å². The molecule has 30 heavy (non-hydrogen) atoms. The summed E-state index contributed by atoms with van der Waals surface area (Å²) in [6, 6.07) is 7.93. The number of hydrogen-bond acceptors (Lipinski definition) is 4. The van der Waals surface area contributed by atoms with E-state index in [1.165, 1.54) is 6.07 Å². The molecular formula is C22H23F2N5O. The molecule has 1 atom stereocenters. The first kappa shape index (κ1) is 20.2. The minimum absolute atomic E-state index is 0.0520. The third-order valence-electron chi connectivity index (χ3n) is 5.49. The summed E-state index contributed by atoms with van der Waals surface area (Å²) in [5.41, 5.74) is 3.62. The van der Waals surface area contributed by atoms with Crippen molar-refractivity contribution < 1.29 is 13.6 Å². The quantitative estimate of drug-likeness (QED) is 0.654. The fraction of sp³-hybridized carbons (Fsp3) is 0.318. The Morgan fingerprint density at radius 1 is 1.20 bits per heavy atom. The first-order valence-corrected chi connectivity index (χ1v) is 9.91. The topological polar surface area (TPSA) is 71.8 Å². The predicted octanol–water partition coefficient (Wildman–Crippen LogP) is 2.67. The molecule has 0 radical (unpaired) electrons. The fourth-order valence-electron chi connectivity index (χ4n) is 3.85. The molecule has 0 aliphatic heterocycles. The van der Waals surface area contributed by atoms with Crippen LogP contribution in [-0.2, 0) is 33.0 Å². The molecule has 6 nitrogen and oxygen atoms in total. The van der Waals surface area contributed by atoms with Crippen LogP contribution in [0.25, 0.3) is 0 Å². The fourth-order valence-corrected chi connectivity index (χ4v) is 3.85. The molecule has 1 amide bonds. The smallest absolute Gasteiger partial charge is 0.272 e. The molecule has 1 aliphatic carbocycles. The molecule has 2 N–H and O–H groups in total. The number of nitrogens with one attached hydrogen (secondary N) is 2. The Labute approximate surface area is 173 Å². The second-order valence-electron chi connectivity index (χ2n) is 7.47. The average Bonchev–Trinajstić information content (AvgIpc) is 3.10. The largest absolute Gasteiger partial charge is 0.347 e. The van der Waals surface area contributed by atoms with E-state index in [9.17, 15) is 13.6 Å². The van der Waals surface area contributed by atoms with Crippen LogP contribution < -0.4 is 10.6 Å². The summed E-state index contributed by atoms with van der Waals surface area (Å²) in [5, 5.41) is 10.6. The summed E-state index contributed by atoms with van der Waals surface area (Å²) in [6.07, 6.45) is 5.57. The van der Waals surface area contributed by atoms with E-state index >= 15 is 0 Å². The van der Waals surface area contributed by atoms with Gasteiger partial charge in [0.05, 0.1) is 0 Å². The minimum Gasteiger partial charge on any atom is -0.347 e. The van der Waals surface area contributed by atoms with Gasteiger partial charge in [0.15, 0.2) is 17.3 Å². The number of aryl methyl sites for hydroxylation is 1. The van der Waals surface area contributed by atoms with Crippen LogP contribution in [0.1, 0.15) is 39.3 Å². The van der Waals surface area contributed by atoms with Crippen molar-refractivity contribution in [2.75, 3.05) is 0 Å². The third kappa shape index (κ3) is 4.23. The zero-order valence-corrected chi connectivity index (χ0v) is 16.7. The van der Waals surface area contributed by atoms with Crippen LogP contribution in [0.2, 0.25) is 0 Å². The maximum atomic E-state index is 13.9. The van der Waals surface area contributed by atoms with Gasteiger partial charge in [0.25, 0.3) is 5.91 Å². The lowest BCUT2D eigenvalue weighted by Crippen LogP contribution is -2.35. The first-order valence-electron chi connectivity index (χ1n) is 9.91. The van der Waals surface area contributed by atoms with Crippen LogP contribution in [0.15, 0.2) is 42.7 Å². The average molecular weight is 411 g/mol. The Balaban J connectivity index is 1.43. The van der Waals surface area contributed by atoms with Crippen LogP contribution in [0.4, 0.5) is 8.78 Å². The normalized spacial score (nSPS) is 15.6. The number of aromatic nitrogens is 3. The highest BCUT2D eigenvalue weighted by molar-refractivity contribution is 5.94. The molecule has 0 bridgehead atoms. The predicted molar refractivity (Wildman–Crippen MR) is 108 cm³/mol. The summed E-state index contributed by atoms with van der Waals surface area (Å²) >= 11 is 0. The monoisotopic (exact) mass is 411 g/mol. The van der Waals surface area contributed by atoms with Crippen molar-refractivity contribution in [2.45, 2.75) is 38.4 Å². The van der Waals surface area contributed by atoms with Crippen LogP contribution in [0.5, 0.6) is 0 Å². The lowest BCUT2D eigenvalue weighted by Gasteiger charge is -2.24. The molecule has 1 unspecified atom stereocenters. The minimum atomic E-state index is -0.847. The number of fused-ring (bicyclic) bond motifs is 1. The standard InChI is InChI=1S/C22H23F2N5O/c1-29-19-6-5-16(26-13-15-3-2-4-18(23)20(15)24)11-17(19)21(28-29)22(30)27-12-14-7-9-25-10-8-14/h2-4,7-10,16,26H,5-6,11-13H2,1H3,(H,27,30). The molecule has 0 spiro atoms. The lowest BCUT2D eigenvalue weighted by atomic mass is 9.91. The third-order valence-corrected chi connectivity index (χ3v) is 5.49. The van der Waals surface area contributed by atoms with Crippen molar-refractivity contribution in [2.24, 2.45) is 7.05 Å². The van der Waals surface area contributed by atoms with Gasteiger partial charge in [-0.25, -0.2) is 8.78 Å². The van der Waals surface area contributed by atoms with Gasteiger partial charge < -0.3 is 10.6 Å². The Hall–Kier alpha value is -3.13. The Kier molecular flexibility index (Phi) is 5.85. The number of halogens is 2. The number of benzene rings is 1. The zero-order chi connectivity index (χ0) is 21.1. The van der Waals surface area contributed by atoms with Crippen molar-refractivity contribution in [3.8, 4) is 0 Å². The molecule has 2 aromatic heterocycles. The molecule has 3 aromatic rings. The van der Waals surface area contributed by atoms with E-state index < -0.39 is 11.6 Å². The Bertz CT molecular complexity index is 1050. The van der Waals surface area contributed by atoms with Crippen LogP contribution in [-0.4, -0.2) is 26.7 Å². The van der Waals surface area contributed by atoms with Gasteiger partial charge >= 0.3 is 0 Å². The highest BCUT2D eigenvalue weighted by Gasteiger charge is 2.28. The first-order chi connectivity index (χ1) is 14.5. The van der Waals surface area contributed by atoms with E-state index in [2.05, 4.69) is 20.7 Å². The summed E-state index contributed by atoms with van der Waals surface area (Å²) in [4.78, 5) is 16.7. The highest BCUT2D eigenvalue weighted by Crippen LogP contribution is 2.25. The van der Waals surface area contributed by atoms with Gasteiger partial charge in [0.2, 0.25) is 0 Å². The molecule has 1 aromatic carbocycles. The molecule has 2 heterocycles. The Morgan fingerprint density at radius 3 is 2.80 bits per heavy atom. The van der Waals surface area contributed by atoms with Gasteiger partial charge in [-0.15, -0.1) is 0 Å². The second-order valence-corrected chi connectivity index (χ2v) is 7.47. The van der Waals surface area contributed by atoms with Crippen molar-refractivity contribution in [1.29, 1.82) is 0 Å². The number of hydrogen-bond donors (Lipinski definition) is 2. The molecule has 0 fully saturated rings. The van der Waals surface area contributed by atoms with Crippen LogP contribution >= 0.6 is 0 Å². The molecule has 0 saturated carbocycles. The molecular weight excluding hydrogens is 388 g/mol. The number of rotatable bonds is 6. The molecule has 8 heteroatoms. The zero-order valence-electron chi connectivity index (χ0n) is 16.7. The number of amides is 1. The Morgan fingerprint density at radius 2 is 2.00 bits per heavy atom. The molecule has 0 saturated heterocycles.